The van der Waals surface area contributed by atoms with Gasteiger partial charge in [0.2, 0.25) is 0 Å². The molecular weight excluding hydrogens is 238 g/mol. The highest BCUT2D eigenvalue weighted by molar-refractivity contribution is 5.94. The first-order valence-corrected chi connectivity index (χ1v) is 5.82. The third-order valence-corrected chi connectivity index (χ3v) is 2.68. The van der Waals surface area contributed by atoms with Crippen LogP contribution in [0.1, 0.15) is 21.5 Å². The molecule has 0 aliphatic rings. The Balaban J connectivity index is 1.99. The number of nitrogen functional groups attached to an aromatic ring is 1. The monoisotopic (exact) mass is 251 g/mol. The van der Waals surface area contributed by atoms with Crippen molar-refractivity contribution < 1.29 is 4.79 Å². The minimum atomic E-state index is -0.174. The maximum Gasteiger partial charge on any atom is 0.251 e. The Kier molecular flexibility index (Phi) is 3.79. The molecule has 19 heavy (non-hydrogen) atoms. The lowest BCUT2D eigenvalue weighted by Crippen LogP contribution is -2.22. The lowest BCUT2D eigenvalue weighted by Gasteiger charge is -2.06. The molecule has 0 saturated carbocycles. The van der Waals surface area contributed by atoms with E-state index in [-0.39, 0.29) is 5.91 Å². The molecule has 0 unspecified atom stereocenters. The van der Waals surface area contributed by atoms with Crippen LogP contribution >= 0.6 is 0 Å². The molecule has 2 rings (SSSR count). The van der Waals surface area contributed by atoms with Gasteiger partial charge in [0.25, 0.3) is 5.91 Å². The Morgan fingerprint density at radius 2 is 1.95 bits per heavy atom. The molecule has 0 fully saturated rings. The summed E-state index contributed by atoms with van der Waals surface area (Å²) in [5, 5.41) is 11.5. The van der Waals surface area contributed by atoms with Crippen molar-refractivity contribution in [1.82, 2.24) is 5.32 Å². The molecule has 0 atom stereocenters. The SMILES string of the molecule is N#Cc1ccc(C(=O)NCc2cccc(N)c2)cc1. The highest BCUT2D eigenvalue weighted by Crippen LogP contribution is 2.07. The van der Waals surface area contributed by atoms with Crippen LogP contribution in [0.25, 0.3) is 0 Å². The fourth-order valence-electron chi connectivity index (χ4n) is 1.68. The number of amides is 1. The van der Waals surface area contributed by atoms with Crippen molar-refractivity contribution in [1.29, 1.82) is 5.26 Å². The van der Waals surface area contributed by atoms with E-state index in [4.69, 9.17) is 11.0 Å². The standard InChI is InChI=1S/C15H13N3O/c16-9-11-4-6-13(7-5-11)15(19)18-10-12-2-1-3-14(17)8-12/h1-8H,10,17H2,(H,18,19). The van der Waals surface area contributed by atoms with Gasteiger partial charge in [0.1, 0.15) is 0 Å². The zero-order valence-electron chi connectivity index (χ0n) is 10.3. The molecule has 0 aliphatic carbocycles. The Hall–Kier alpha value is -2.80. The highest BCUT2D eigenvalue weighted by Gasteiger charge is 2.05. The van der Waals surface area contributed by atoms with Crippen LogP contribution < -0.4 is 11.1 Å². The number of hydrogen-bond acceptors (Lipinski definition) is 3. The third kappa shape index (κ3) is 3.33. The van der Waals surface area contributed by atoms with E-state index in [2.05, 4.69) is 5.32 Å². The third-order valence-electron chi connectivity index (χ3n) is 2.68. The summed E-state index contributed by atoms with van der Waals surface area (Å²) in [4.78, 5) is 11.9. The smallest absolute Gasteiger partial charge is 0.251 e. The summed E-state index contributed by atoms with van der Waals surface area (Å²) in [6.45, 7) is 0.421. The number of nitrogens with one attached hydrogen (secondary N) is 1. The van der Waals surface area contributed by atoms with Gasteiger partial charge in [0.05, 0.1) is 11.6 Å². The molecule has 1 amide bonds. The van der Waals surface area contributed by atoms with Crippen molar-refractivity contribution in [2.75, 3.05) is 5.73 Å². The van der Waals surface area contributed by atoms with Crippen molar-refractivity contribution in [3.63, 3.8) is 0 Å². The summed E-state index contributed by atoms with van der Waals surface area (Å²) in [5.74, 6) is -0.174. The van der Waals surface area contributed by atoms with Gasteiger partial charge >= 0.3 is 0 Å². The topological polar surface area (TPSA) is 78.9 Å². The van der Waals surface area contributed by atoms with Gasteiger partial charge in [0, 0.05) is 17.8 Å². The molecule has 0 spiro atoms. The molecule has 0 heterocycles. The van der Waals surface area contributed by atoms with Gasteiger partial charge < -0.3 is 11.1 Å². The number of nitrogens with two attached hydrogens (primary N) is 1. The second kappa shape index (κ2) is 5.69. The van der Waals surface area contributed by atoms with Crippen molar-refractivity contribution in [2.45, 2.75) is 6.54 Å². The summed E-state index contributed by atoms with van der Waals surface area (Å²) in [6, 6.07) is 15.9. The second-order valence-corrected chi connectivity index (χ2v) is 4.12. The van der Waals surface area contributed by atoms with E-state index in [0.29, 0.717) is 23.4 Å². The minimum absolute atomic E-state index is 0.174. The van der Waals surface area contributed by atoms with Crippen LogP contribution in [0.5, 0.6) is 0 Å². The number of nitrogens with zero attached hydrogens (tertiary/aromatic N) is 1. The van der Waals surface area contributed by atoms with E-state index in [0.717, 1.165) is 5.56 Å². The summed E-state index contributed by atoms with van der Waals surface area (Å²) < 4.78 is 0. The number of rotatable bonds is 3. The molecule has 0 radical (unpaired) electrons. The average molecular weight is 251 g/mol. The van der Waals surface area contributed by atoms with Crippen molar-refractivity contribution in [2.24, 2.45) is 0 Å². The van der Waals surface area contributed by atoms with Gasteiger partial charge in [0.15, 0.2) is 0 Å². The zero-order valence-corrected chi connectivity index (χ0v) is 10.3. The van der Waals surface area contributed by atoms with E-state index in [1.54, 1.807) is 30.3 Å². The lowest BCUT2D eigenvalue weighted by atomic mass is 10.1. The summed E-state index contributed by atoms with van der Waals surface area (Å²) >= 11 is 0. The summed E-state index contributed by atoms with van der Waals surface area (Å²) in [7, 11) is 0. The van der Waals surface area contributed by atoms with Gasteiger partial charge in [-0.3, -0.25) is 4.79 Å². The molecule has 4 nitrogen and oxygen atoms in total. The fourth-order valence-corrected chi connectivity index (χ4v) is 1.68. The highest BCUT2D eigenvalue weighted by atomic mass is 16.1. The number of hydrogen-bond donors (Lipinski definition) is 2. The Bertz CT molecular complexity index is 627. The first kappa shape index (κ1) is 12.7. The van der Waals surface area contributed by atoms with E-state index < -0.39 is 0 Å². The van der Waals surface area contributed by atoms with Crippen molar-refractivity contribution >= 4 is 11.6 Å². The predicted molar refractivity (Wildman–Crippen MR) is 73.2 cm³/mol. The Morgan fingerprint density at radius 1 is 1.21 bits per heavy atom. The van der Waals surface area contributed by atoms with Crippen LogP contribution in [0.15, 0.2) is 48.5 Å². The zero-order chi connectivity index (χ0) is 13.7. The summed E-state index contributed by atoms with van der Waals surface area (Å²) in [6.07, 6.45) is 0. The largest absolute Gasteiger partial charge is 0.399 e. The molecular formula is C15H13N3O. The van der Waals surface area contributed by atoms with Crippen LogP contribution in [0.2, 0.25) is 0 Å². The first-order valence-electron chi connectivity index (χ1n) is 5.82. The number of nitriles is 1. The van der Waals surface area contributed by atoms with Crippen LogP contribution in [0, 0.1) is 11.3 Å². The quantitative estimate of drug-likeness (QED) is 0.819. The predicted octanol–water partition coefficient (Wildman–Crippen LogP) is 2.07. The molecule has 0 saturated heterocycles. The fraction of sp³-hybridized carbons (Fsp3) is 0.0667. The first-order chi connectivity index (χ1) is 9.19. The number of anilines is 1. The van der Waals surface area contributed by atoms with Crippen LogP contribution in [0.4, 0.5) is 5.69 Å². The van der Waals surface area contributed by atoms with E-state index in [1.807, 2.05) is 24.3 Å². The molecule has 2 aromatic carbocycles. The lowest BCUT2D eigenvalue weighted by molar-refractivity contribution is 0.0951. The maximum absolute atomic E-state index is 11.9. The van der Waals surface area contributed by atoms with E-state index >= 15 is 0 Å². The Labute approximate surface area is 111 Å². The number of benzene rings is 2. The van der Waals surface area contributed by atoms with Crippen molar-refractivity contribution in [3.05, 3.63) is 65.2 Å². The van der Waals surface area contributed by atoms with Crippen LogP contribution in [-0.2, 0) is 6.54 Å². The van der Waals surface area contributed by atoms with Gasteiger partial charge in [-0.15, -0.1) is 0 Å². The maximum atomic E-state index is 11.9. The molecule has 0 aliphatic heterocycles. The van der Waals surface area contributed by atoms with Crippen molar-refractivity contribution in [3.8, 4) is 6.07 Å². The molecule has 94 valence electrons. The van der Waals surface area contributed by atoms with Gasteiger partial charge in [-0.1, -0.05) is 12.1 Å². The van der Waals surface area contributed by atoms with Gasteiger partial charge in [-0.2, -0.15) is 5.26 Å². The van der Waals surface area contributed by atoms with Gasteiger partial charge in [-0.25, -0.2) is 0 Å². The molecule has 0 aromatic heterocycles. The number of carbonyl (C=O) groups is 1. The molecule has 0 bridgehead atoms. The van der Waals surface area contributed by atoms with E-state index in [9.17, 15) is 4.79 Å². The van der Waals surface area contributed by atoms with Gasteiger partial charge in [-0.05, 0) is 42.0 Å². The summed E-state index contributed by atoms with van der Waals surface area (Å²) in [5.41, 5.74) is 8.35. The molecule has 2 aromatic rings. The van der Waals surface area contributed by atoms with Crippen LogP contribution in [-0.4, -0.2) is 5.91 Å². The Morgan fingerprint density at radius 3 is 2.58 bits per heavy atom. The molecule has 3 N–H and O–H groups in total. The minimum Gasteiger partial charge on any atom is -0.399 e. The second-order valence-electron chi connectivity index (χ2n) is 4.12. The van der Waals surface area contributed by atoms with E-state index in [1.165, 1.54) is 0 Å². The number of carbonyl (C=O) groups excluding carboxylic acids is 1. The normalized spacial score (nSPS) is 9.63. The molecule has 4 heteroatoms. The average Bonchev–Trinajstić information content (AvgIpc) is 2.45. The van der Waals surface area contributed by atoms with Crippen LogP contribution in [0.3, 0.4) is 0 Å².